The molecule has 2 aromatic rings. The van der Waals surface area contributed by atoms with Gasteiger partial charge in [-0.2, -0.15) is 0 Å². The van der Waals surface area contributed by atoms with E-state index in [1.807, 2.05) is 19.1 Å². The molecule has 0 spiro atoms. The Morgan fingerprint density at radius 2 is 1.56 bits per heavy atom. The second-order valence-electron chi connectivity index (χ2n) is 3.81. The van der Waals surface area contributed by atoms with E-state index in [0.29, 0.717) is 5.75 Å². The van der Waals surface area contributed by atoms with Crippen LogP contribution in [0.2, 0.25) is 0 Å². The summed E-state index contributed by atoms with van der Waals surface area (Å²) in [6.45, 7) is 1.94. The minimum absolute atomic E-state index is 0.164. The third-order valence-electron chi connectivity index (χ3n) is 2.34. The molecule has 0 fully saturated rings. The van der Waals surface area contributed by atoms with Gasteiger partial charge in [0.15, 0.2) is 0 Å². The Balaban J connectivity index is 2.08. The molecule has 0 bridgehead atoms. The van der Waals surface area contributed by atoms with Crippen molar-refractivity contribution in [1.82, 2.24) is 4.89 Å². The maximum atomic E-state index is 11.8. The van der Waals surface area contributed by atoms with E-state index in [2.05, 4.69) is 4.89 Å². The van der Waals surface area contributed by atoms with Crippen LogP contribution < -0.4 is 9.72 Å². The number of sulfonamides is 1. The van der Waals surface area contributed by atoms with Gasteiger partial charge in [0.1, 0.15) is 5.75 Å². The van der Waals surface area contributed by atoms with Crippen molar-refractivity contribution >= 4 is 10.0 Å². The van der Waals surface area contributed by atoms with Crippen molar-refractivity contribution in [3.05, 3.63) is 60.2 Å². The first-order valence-electron chi connectivity index (χ1n) is 5.38. The molecule has 1 N–H and O–H groups in total. The molecule has 0 aliphatic heterocycles. The summed E-state index contributed by atoms with van der Waals surface area (Å²) < 4.78 is 23.7. The van der Waals surface area contributed by atoms with Crippen LogP contribution in [-0.4, -0.2) is 8.42 Å². The highest BCUT2D eigenvalue weighted by Crippen LogP contribution is 2.12. The van der Waals surface area contributed by atoms with Gasteiger partial charge in [0.05, 0.1) is 4.90 Å². The molecular weight excluding hydrogens is 250 g/mol. The van der Waals surface area contributed by atoms with Gasteiger partial charge in [0.2, 0.25) is 0 Å². The van der Waals surface area contributed by atoms with Crippen LogP contribution in [0.5, 0.6) is 5.75 Å². The molecule has 0 heterocycles. The molecule has 0 saturated heterocycles. The molecule has 0 aliphatic rings. The van der Waals surface area contributed by atoms with E-state index < -0.39 is 10.0 Å². The molecule has 0 aromatic heterocycles. The normalized spacial score (nSPS) is 11.2. The van der Waals surface area contributed by atoms with Crippen molar-refractivity contribution in [3.8, 4) is 5.75 Å². The van der Waals surface area contributed by atoms with E-state index >= 15 is 0 Å². The quantitative estimate of drug-likeness (QED) is 0.861. The zero-order valence-electron chi connectivity index (χ0n) is 9.83. The number of hydrogen-bond acceptors (Lipinski definition) is 3. The smallest absolute Gasteiger partial charge is 0.271 e. The Kier molecular flexibility index (Phi) is 3.64. The minimum atomic E-state index is -3.64. The van der Waals surface area contributed by atoms with E-state index in [4.69, 9.17) is 4.84 Å². The predicted octanol–water partition coefficient (Wildman–Crippen LogP) is 2.27. The highest BCUT2D eigenvalue weighted by atomic mass is 32.2. The number of aryl methyl sites for hydroxylation is 1. The predicted molar refractivity (Wildman–Crippen MR) is 68.6 cm³/mol. The highest BCUT2D eigenvalue weighted by molar-refractivity contribution is 7.89. The molecule has 0 amide bonds. The third-order valence-corrected chi connectivity index (χ3v) is 3.54. The van der Waals surface area contributed by atoms with Crippen molar-refractivity contribution < 1.29 is 13.3 Å². The molecule has 0 radical (unpaired) electrons. The molecular formula is C13H13NO3S. The first kappa shape index (κ1) is 12.6. The molecule has 2 aromatic carbocycles. The fourth-order valence-corrected chi connectivity index (χ4v) is 2.17. The first-order chi connectivity index (χ1) is 8.58. The van der Waals surface area contributed by atoms with Gasteiger partial charge >= 0.3 is 0 Å². The van der Waals surface area contributed by atoms with Crippen molar-refractivity contribution in [1.29, 1.82) is 0 Å². The lowest BCUT2D eigenvalue weighted by Crippen LogP contribution is -2.27. The maximum absolute atomic E-state index is 11.8. The van der Waals surface area contributed by atoms with Crippen molar-refractivity contribution in [2.75, 3.05) is 0 Å². The van der Waals surface area contributed by atoms with E-state index in [1.165, 1.54) is 12.1 Å². The van der Waals surface area contributed by atoms with Gasteiger partial charge in [0.25, 0.3) is 10.0 Å². The summed E-state index contributed by atoms with van der Waals surface area (Å²) in [6, 6.07) is 15.1. The fraction of sp³-hybridized carbons (Fsp3) is 0.0769. The molecule has 0 atom stereocenters. The van der Waals surface area contributed by atoms with Crippen LogP contribution in [0.1, 0.15) is 5.56 Å². The zero-order valence-corrected chi connectivity index (χ0v) is 10.6. The second-order valence-corrected chi connectivity index (χ2v) is 5.46. The molecule has 0 unspecified atom stereocenters. The highest BCUT2D eigenvalue weighted by Gasteiger charge is 2.13. The van der Waals surface area contributed by atoms with E-state index in [0.717, 1.165) is 5.56 Å². The van der Waals surface area contributed by atoms with E-state index in [9.17, 15) is 8.42 Å². The molecule has 0 aliphatic carbocycles. The number of nitrogens with one attached hydrogen (secondary N) is 1. The van der Waals surface area contributed by atoms with E-state index in [-0.39, 0.29) is 4.90 Å². The van der Waals surface area contributed by atoms with Crippen LogP contribution in [0.25, 0.3) is 0 Å². The van der Waals surface area contributed by atoms with Gasteiger partial charge in [-0.25, -0.2) is 8.42 Å². The lowest BCUT2D eigenvalue weighted by Gasteiger charge is -2.08. The zero-order chi connectivity index (χ0) is 13.0. The Morgan fingerprint density at radius 3 is 2.17 bits per heavy atom. The number of hydrogen-bond donors (Lipinski definition) is 1. The summed E-state index contributed by atoms with van der Waals surface area (Å²) in [6.07, 6.45) is 0. The van der Waals surface area contributed by atoms with Crippen LogP contribution in [0.4, 0.5) is 0 Å². The average molecular weight is 263 g/mol. The van der Waals surface area contributed by atoms with Crippen LogP contribution in [0.3, 0.4) is 0 Å². The van der Waals surface area contributed by atoms with Crippen molar-refractivity contribution in [2.45, 2.75) is 11.8 Å². The summed E-state index contributed by atoms with van der Waals surface area (Å²) in [5, 5.41) is 0. The Morgan fingerprint density at radius 1 is 0.944 bits per heavy atom. The molecule has 94 valence electrons. The average Bonchev–Trinajstić information content (AvgIpc) is 2.39. The van der Waals surface area contributed by atoms with Crippen LogP contribution >= 0.6 is 0 Å². The van der Waals surface area contributed by atoms with Crippen molar-refractivity contribution in [2.24, 2.45) is 0 Å². The largest absolute Gasteiger partial charge is 0.394 e. The first-order valence-corrected chi connectivity index (χ1v) is 6.87. The van der Waals surface area contributed by atoms with Gasteiger partial charge in [-0.15, -0.1) is 0 Å². The Hall–Kier alpha value is -1.85. The van der Waals surface area contributed by atoms with Crippen LogP contribution in [-0.2, 0) is 10.0 Å². The van der Waals surface area contributed by atoms with Gasteiger partial charge in [-0.3, -0.25) is 0 Å². The fourth-order valence-electron chi connectivity index (χ4n) is 1.36. The molecule has 0 saturated carbocycles. The molecule has 18 heavy (non-hydrogen) atoms. The standard InChI is InChI=1S/C13H13NO3S/c1-11-7-9-12(10-8-11)17-14-18(15,16)13-5-3-2-4-6-13/h2-10,14H,1H3. The second kappa shape index (κ2) is 5.20. The number of rotatable bonds is 4. The van der Waals surface area contributed by atoms with Gasteiger partial charge in [0, 0.05) is 0 Å². The van der Waals surface area contributed by atoms with Gasteiger partial charge in [-0.1, -0.05) is 35.9 Å². The topological polar surface area (TPSA) is 55.4 Å². The van der Waals surface area contributed by atoms with Gasteiger partial charge < -0.3 is 4.84 Å². The van der Waals surface area contributed by atoms with Gasteiger partial charge in [-0.05, 0) is 36.1 Å². The molecule has 2 rings (SSSR count). The maximum Gasteiger partial charge on any atom is 0.271 e. The molecule has 5 heteroatoms. The lowest BCUT2D eigenvalue weighted by molar-refractivity contribution is 0.269. The summed E-state index contributed by atoms with van der Waals surface area (Å²) in [5.41, 5.74) is 1.08. The summed E-state index contributed by atoms with van der Waals surface area (Å²) in [7, 11) is -3.64. The SMILES string of the molecule is Cc1ccc(ONS(=O)(=O)c2ccccc2)cc1. The third kappa shape index (κ3) is 3.09. The lowest BCUT2D eigenvalue weighted by atomic mass is 10.2. The Labute approximate surface area is 106 Å². The monoisotopic (exact) mass is 263 g/mol. The van der Waals surface area contributed by atoms with Crippen molar-refractivity contribution in [3.63, 3.8) is 0 Å². The summed E-state index contributed by atoms with van der Waals surface area (Å²) in [5.74, 6) is 0.445. The summed E-state index contributed by atoms with van der Waals surface area (Å²) >= 11 is 0. The Bertz CT molecular complexity index is 606. The number of benzene rings is 2. The minimum Gasteiger partial charge on any atom is -0.394 e. The van der Waals surface area contributed by atoms with Crippen LogP contribution in [0.15, 0.2) is 59.5 Å². The summed E-state index contributed by atoms with van der Waals surface area (Å²) in [4.78, 5) is 7.29. The molecule has 4 nitrogen and oxygen atoms in total. The van der Waals surface area contributed by atoms with Crippen LogP contribution in [0, 0.1) is 6.92 Å². The van der Waals surface area contributed by atoms with E-state index in [1.54, 1.807) is 30.3 Å².